The van der Waals surface area contributed by atoms with E-state index in [0.717, 1.165) is 32.1 Å². The summed E-state index contributed by atoms with van der Waals surface area (Å²) in [6.45, 7) is 2.50. The number of carboxylic acid groups (broad SMARTS) is 1. The first-order valence-corrected chi connectivity index (χ1v) is 7.66. The Morgan fingerprint density at radius 2 is 1.79 bits per heavy atom. The van der Waals surface area contributed by atoms with Crippen LogP contribution < -0.4 is 0 Å². The molecule has 2 aliphatic rings. The summed E-state index contributed by atoms with van der Waals surface area (Å²) in [7, 11) is 0. The molecule has 1 aliphatic carbocycles. The molecule has 0 aromatic carbocycles. The number of hydrogen-bond acceptors (Lipinski definition) is 2. The van der Waals surface area contributed by atoms with E-state index in [9.17, 15) is 14.7 Å². The molecule has 0 aromatic rings. The SMILES string of the molecule is CCC1(C(=O)O)CCCN1C(=O)C1CCCCCC1. The molecule has 1 atom stereocenters. The third kappa shape index (κ3) is 2.63. The monoisotopic (exact) mass is 267 g/mol. The average molecular weight is 267 g/mol. The summed E-state index contributed by atoms with van der Waals surface area (Å²) in [6.07, 6.45) is 8.45. The Hall–Kier alpha value is -1.06. The van der Waals surface area contributed by atoms with E-state index in [1.807, 2.05) is 6.92 Å². The molecule has 1 saturated heterocycles. The number of nitrogens with zero attached hydrogens (tertiary/aromatic N) is 1. The lowest BCUT2D eigenvalue weighted by atomic mass is 9.90. The number of carbonyl (C=O) groups is 2. The highest BCUT2D eigenvalue weighted by molar-refractivity contribution is 5.88. The summed E-state index contributed by atoms with van der Waals surface area (Å²) < 4.78 is 0. The third-order valence-corrected chi connectivity index (χ3v) is 4.94. The van der Waals surface area contributed by atoms with Crippen LogP contribution in [0.15, 0.2) is 0 Å². The molecule has 1 saturated carbocycles. The third-order valence-electron chi connectivity index (χ3n) is 4.94. The van der Waals surface area contributed by atoms with Gasteiger partial charge in [-0.2, -0.15) is 0 Å². The Balaban J connectivity index is 2.14. The molecule has 1 heterocycles. The maximum absolute atomic E-state index is 12.7. The summed E-state index contributed by atoms with van der Waals surface area (Å²) in [5, 5.41) is 9.54. The Bertz CT molecular complexity index is 347. The number of hydrogen-bond donors (Lipinski definition) is 1. The number of rotatable bonds is 3. The normalized spacial score (nSPS) is 29.2. The second-order valence-corrected chi connectivity index (χ2v) is 5.97. The fraction of sp³-hybridized carbons (Fsp3) is 0.867. The number of aliphatic carboxylic acids is 1. The maximum atomic E-state index is 12.7. The number of amides is 1. The van der Waals surface area contributed by atoms with E-state index in [1.165, 1.54) is 12.8 Å². The molecule has 108 valence electrons. The van der Waals surface area contributed by atoms with Gasteiger partial charge in [0.05, 0.1) is 0 Å². The lowest BCUT2D eigenvalue weighted by Crippen LogP contribution is -2.54. The van der Waals surface area contributed by atoms with Gasteiger partial charge in [-0.1, -0.05) is 32.6 Å². The molecule has 0 bridgehead atoms. The highest BCUT2D eigenvalue weighted by Crippen LogP contribution is 2.36. The molecule has 4 heteroatoms. The van der Waals surface area contributed by atoms with Gasteiger partial charge in [0.2, 0.25) is 5.91 Å². The average Bonchev–Trinajstić information content (AvgIpc) is 2.66. The fourth-order valence-electron chi connectivity index (χ4n) is 3.69. The zero-order chi connectivity index (χ0) is 13.9. The van der Waals surface area contributed by atoms with Crippen molar-refractivity contribution in [1.82, 2.24) is 4.90 Å². The van der Waals surface area contributed by atoms with E-state index in [4.69, 9.17) is 0 Å². The molecule has 1 unspecified atom stereocenters. The van der Waals surface area contributed by atoms with Gasteiger partial charge in [-0.25, -0.2) is 4.79 Å². The molecular weight excluding hydrogens is 242 g/mol. The molecule has 19 heavy (non-hydrogen) atoms. The zero-order valence-corrected chi connectivity index (χ0v) is 11.9. The van der Waals surface area contributed by atoms with Crippen molar-refractivity contribution in [3.8, 4) is 0 Å². The van der Waals surface area contributed by atoms with Crippen molar-refractivity contribution in [1.29, 1.82) is 0 Å². The first kappa shape index (κ1) is 14.4. The molecule has 1 amide bonds. The summed E-state index contributed by atoms with van der Waals surface area (Å²) in [6, 6.07) is 0. The van der Waals surface area contributed by atoms with Crippen molar-refractivity contribution in [3.63, 3.8) is 0 Å². The Morgan fingerprint density at radius 3 is 2.32 bits per heavy atom. The molecular formula is C15H25NO3. The number of carboxylic acids is 1. The van der Waals surface area contributed by atoms with Crippen LogP contribution in [0.4, 0.5) is 0 Å². The summed E-state index contributed by atoms with van der Waals surface area (Å²) in [4.78, 5) is 26.0. The highest BCUT2D eigenvalue weighted by atomic mass is 16.4. The van der Waals surface area contributed by atoms with Gasteiger partial charge >= 0.3 is 5.97 Å². The van der Waals surface area contributed by atoms with Gasteiger partial charge in [0.15, 0.2) is 0 Å². The first-order chi connectivity index (χ1) is 9.12. The minimum absolute atomic E-state index is 0.0610. The summed E-state index contributed by atoms with van der Waals surface area (Å²) in [5.41, 5.74) is -0.927. The van der Waals surface area contributed by atoms with Crippen molar-refractivity contribution in [3.05, 3.63) is 0 Å². The van der Waals surface area contributed by atoms with Crippen LogP contribution in [-0.2, 0) is 9.59 Å². The van der Waals surface area contributed by atoms with Gasteiger partial charge in [-0.3, -0.25) is 4.79 Å². The largest absolute Gasteiger partial charge is 0.479 e. The van der Waals surface area contributed by atoms with E-state index in [-0.39, 0.29) is 11.8 Å². The zero-order valence-electron chi connectivity index (χ0n) is 11.9. The standard InChI is InChI=1S/C15H25NO3/c1-2-15(14(18)19)10-7-11-16(15)13(17)12-8-5-3-4-6-9-12/h12H,2-11H2,1H3,(H,18,19). The predicted molar refractivity (Wildman–Crippen MR) is 72.8 cm³/mol. The molecule has 0 aromatic heterocycles. The van der Waals surface area contributed by atoms with Crippen LogP contribution in [0.3, 0.4) is 0 Å². The van der Waals surface area contributed by atoms with Gasteiger partial charge in [0.1, 0.15) is 5.54 Å². The highest BCUT2D eigenvalue weighted by Gasteiger charge is 2.49. The minimum Gasteiger partial charge on any atom is -0.479 e. The van der Waals surface area contributed by atoms with Crippen LogP contribution in [0.25, 0.3) is 0 Å². The van der Waals surface area contributed by atoms with Crippen LogP contribution in [0.5, 0.6) is 0 Å². The molecule has 0 spiro atoms. The first-order valence-electron chi connectivity index (χ1n) is 7.66. The molecule has 4 nitrogen and oxygen atoms in total. The smallest absolute Gasteiger partial charge is 0.329 e. The van der Waals surface area contributed by atoms with E-state index < -0.39 is 11.5 Å². The van der Waals surface area contributed by atoms with Crippen molar-refractivity contribution < 1.29 is 14.7 Å². The van der Waals surface area contributed by atoms with Crippen molar-refractivity contribution in [2.45, 2.75) is 70.3 Å². The van der Waals surface area contributed by atoms with E-state index in [1.54, 1.807) is 4.90 Å². The number of likely N-dealkylation sites (tertiary alicyclic amines) is 1. The van der Waals surface area contributed by atoms with Crippen molar-refractivity contribution in [2.24, 2.45) is 5.92 Å². The van der Waals surface area contributed by atoms with Gasteiger partial charge < -0.3 is 10.0 Å². The van der Waals surface area contributed by atoms with Gasteiger partial charge in [0.25, 0.3) is 0 Å². The topological polar surface area (TPSA) is 57.6 Å². The van der Waals surface area contributed by atoms with Crippen LogP contribution in [-0.4, -0.2) is 34.0 Å². The number of carbonyl (C=O) groups excluding carboxylic acids is 1. The second kappa shape index (κ2) is 5.93. The quantitative estimate of drug-likeness (QED) is 0.800. The van der Waals surface area contributed by atoms with E-state index in [2.05, 4.69) is 0 Å². The van der Waals surface area contributed by atoms with E-state index >= 15 is 0 Å². The molecule has 2 fully saturated rings. The van der Waals surface area contributed by atoms with Crippen LogP contribution in [0.2, 0.25) is 0 Å². The van der Waals surface area contributed by atoms with Gasteiger partial charge in [0, 0.05) is 12.5 Å². The second-order valence-electron chi connectivity index (χ2n) is 5.97. The fourth-order valence-corrected chi connectivity index (χ4v) is 3.69. The molecule has 2 rings (SSSR count). The maximum Gasteiger partial charge on any atom is 0.329 e. The van der Waals surface area contributed by atoms with E-state index in [0.29, 0.717) is 19.4 Å². The summed E-state index contributed by atoms with van der Waals surface area (Å²) in [5.74, 6) is -0.663. The van der Waals surface area contributed by atoms with Crippen molar-refractivity contribution in [2.75, 3.05) is 6.54 Å². The van der Waals surface area contributed by atoms with Gasteiger partial charge in [-0.15, -0.1) is 0 Å². The van der Waals surface area contributed by atoms with Crippen LogP contribution in [0.1, 0.15) is 64.7 Å². The minimum atomic E-state index is -0.927. The van der Waals surface area contributed by atoms with Crippen LogP contribution >= 0.6 is 0 Å². The van der Waals surface area contributed by atoms with Gasteiger partial charge in [-0.05, 0) is 32.1 Å². The molecule has 1 aliphatic heterocycles. The Labute approximate surface area is 115 Å². The summed E-state index contributed by atoms with van der Waals surface area (Å²) >= 11 is 0. The van der Waals surface area contributed by atoms with Crippen molar-refractivity contribution >= 4 is 11.9 Å². The lowest BCUT2D eigenvalue weighted by molar-refractivity contribution is -0.158. The Kier molecular flexibility index (Phi) is 4.48. The Morgan fingerprint density at radius 1 is 1.16 bits per heavy atom. The van der Waals surface area contributed by atoms with Crippen LogP contribution in [0, 0.1) is 5.92 Å². The molecule has 1 N–H and O–H groups in total. The lowest BCUT2D eigenvalue weighted by Gasteiger charge is -2.36. The molecule has 0 radical (unpaired) electrons. The predicted octanol–water partition coefficient (Wildman–Crippen LogP) is 2.81.